The predicted molar refractivity (Wildman–Crippen MR) is 136 cm³/mol. The summed E-state index contributed by atoms with van der Waals surface area (Å²) >= 11 is 7.80. The van der Waals surface area contributed by atoms with E-state index in [-0.39, 0.29) is 5.12 Å². The van der Waals surface area contributed by atoms with Gasteiger partial charge in [0.1, 0.15) is 0 Å². The first-order valence-electron chi connectivity index (χ1n) is 10.5. The fourth-order valence-electron chi connectivity index (χ4n) is 3.35. The summed E-state index contributed by atoms with van der Waals surface area (Å²) in [4.78, 5) is 12.7. The van der Waals surface area contributed by atoms with E-state index in [1.165, 1.54) is 47.9 Å². The Morgan fingerprint density at radius 1 is 0.931 bits per heavy atom. The minimum absolute atomic E-state index is 0.177. The van der Waals surface area contributed by atoms with Gasteiger partial charge in [-0.15, -0.1) is 0 Å². The molecule has 0 saturated carbocycles. The highest BCUT2D eigenvalue weighted by Gasteiger charge is 2.16. The maximum atomic E-state index is 12.7. The lowest BCUT2D eigenvalue weighted by molar-refractivity contribution is 0.108. The van der Waals surface area contributed by atoms with Crippen LogP contribution in [0.5, 0.6) is 0 Å². The Balaban J connectivity index is 1.85. The second-order valence-electron chi connectivity index (χ2n) is 8.15. The van der Waals surface area contributed by atoms with Gasteiger partial charge in [-0.05, 0) is 59.3 Å². The van der Waals surface area contributed by atoms with Crippen LogP contribution in [0.1, 0.15) is 67.1 Å². The molecule has 0 radical (unpaired) electrons. The van der Waals surface area contributed by atoms with E-state index in [4.69, 9.17) is 0 Å². The van der Waals surface area contributed by atoms with E-state index in [0.717, 1.165) is 34.8 Å². The molecule has 0 spiro atoms. The average molecular weight is 447 g/mol. The molecule has 4 heteroatoms. The summed E-state index contributed by atoms with van der Waals surface area (Å²) in [6.45, 7) is 6.78. The monoisotopic (exact) mass is 446 g/mol. The summed E-state index contributed by atoms with van der Waals surface area (Å²) in [5.41, 5.74) is 5.02. The van der Waals surface area contributed by atoms with Gasteiger partial charge in [-0.2, -0.15) is 24.4 Å². The van der Waals surface area contributed by atoms with Crippen molar-refractivity contribution in [3.05, 3.63) is 70.8 Å². The van der Waals surface area contributed by atoms with Crippen molar-refractivity contribution in [3.8, 4) is 0 Å². The van der Waals surface area contributed by atoms with E-state index >= 15 is 0 Å². The molecule has 0 aliphatic rings. The molecule has 2 aromatic rings. The number of hydrogen-bond acceptors (Lipinski definition) is 4. The largest absolute Gasteiger partial charge is 0.282 e. The Bertz CT molecular complexity index is 770. The lowest BCUT2D eigenvalue weighted by atomic mass is 9.85. The molecule has 0 aromatic heterocycles. The Morgan fingerprint density at radius 3 is 2.21 bits per heavy atom. The van der Waals surface area contributed by atoms with E-state index in [1.807, 2.05) is 30.0 Å². The normalized spacial score (nSPS) is 11.6. The predicted octanol–water partition coefficient (Wildman–Crippen LogP) is 7.68. The van der Waals surface area contributed by atoms with E-state index in [2.05, 4.69) is 63.7 Å². The minimum atomic E-state index is 0.177. The van der Waals surface area contributed by atoms with Gasteiger partial charge in [0.25, 0.3) is 0 Å². The van der Waals surface area contributed by atoms with Crippen molar-refractivity contribution < 1.29 is 4.79 Å². The third-order valence-electron chi connectivity index (χ3n) is 5.28. The Hall–Kier alpha value is -0.840. The van der Waals surface area contributed by atoms with Gasteiger partial charge in [0.2, 0.25) is 5.12 Å². The summed E-state index contributed by atoms with van der Waals surface area (Å²) in [6, 6.07) is 16.5. The molecule has 0 amide bonds. The molecule has 0 atom stereocenters. The first-order valence-corrected chi connectivity index (χ1v) is 13.2. The standard InChI is InChI=1S/C25H34OS3/c1-4-20-10-7-8-13-23(20)24(26)29-19-22-12-6-5-11-21(22)18-28-17-9-14-25(2,3)15-16-27/h5-8,10-13,27H,4,9,14-19H2,1-3H3. The summed E-state index contributed by atoms with van der Waals surface area (Å²) < 4.78 is 0. The second kappa shape index (κ2) is 12.8. The molecule has 2 aromatic carbocycles. The van der Waals surface area contributed by atoms with Gasteiger partial charge in [-0.3, -0.25) is 4.79 Å². The number of thiol groups is 1. The molecule has 29 heavy (non-hydrogen) atoms. The zero-order valence-electron chi connectivity index (χ0n) is 17.9. The van der Waals surface area contributed by atoms with Crippen molar-refractivity contribution in [3.63, 3.8) is 0 Å². The molecule has 0 aliphatic carbocycles. The summed E-state index contributed by atoms with van der Waals surface area (Å²) in [5.74, 6) is 3.90. The molecule has 0 heterocycles. The Labute approximate surface area is 191 Å². The maximum absolute atomic E-state index is 12.7. The molecule has 1 nitrogen and oxygen atoms in total. The lowest BCUT2D eigenvalue weighted by Crippen LogP contribution is -2.12. The van der Waals surface area contributed by atoms with E-state index in [9.17, 15) is 4.79 Å². The van der Waals surface area contributed by atoms with Crippen LogP contribution in [0.4, 0.5) is 0 Å². The van der Waals surface area contributed by atoms with Gasteiger partial charge in [-0.1, -0.05) is 81.1 Å². The third kappa shape index (κ3) is 8.43. The zero-order chi connectivity index (χ0) is 21.1. The zero-order valence-corrected chi connectivity index (χ0v) is 20.5. The SMILES string of the molecule is CCc1ccccc1C(=O)SCc1ccccc1CSCCCC(C)(C)CCS. The van der Waals surface area contributed by atoms with E-state index in [0.29, 0.717) is 5.41 Å². The number of carbonyl (C=O) groups is 1. The summed E-state index contributed by atoms with van der Waals surface area (Å²) in [7, 11) is 0. The summed E-state index contributed by atoms with van der Waals surface area (Å²) in [6.07, 6.45) is 4.56. The number of hydrogen-bond donors (Lipinski definition) is 1. The number of thioether (sulfide) groups is 2. The van der Waals surface area contributed by atoms with Crippen LogP contribution in [-0.4, -0.2) is 16.6 Å². The summed E-state index contributed by atoms with van der Waals surface area (Å²) in [5, 5.41) is 0.177. The fourth-order valence-corrected chi connectivity index (χ4v) is 5.87. The Morgan fingerprint density at radius 2 is 1.55 bits per heavy atom. The highest BCUT2D eigenvalue weighted by atomic mass is 32.2. The van der Waals surface area contributed by atoms with Crippen molar-refractivity contribution in [2.45, 2.75) is 58.0 Å². The molecule has 2 rings (SSSR count). The second-order valence-corrected chi connectivity index (χ2v) is 10.7. The number of aryl methyl sites for hydroxylation is 1. The van der Waals surface area contributed by atoms with Gasteiger partial charge >= 0.3 is 0 Å². The third-order valence-corrected chi connectivity index (χ3v) is 7.54. The van der Waals surface area contributed by atoms with Crippen molar-refractivity contribution in [2.75, 3.05) is 11.5 Å². The highest BCUT2D eigenvalue weighted by molar-refractivity contribution is 8.13. The topological polar surface area (TPSA) is 17.1 Å². The van der Waals surface area contributed by atoms with E-state index in [1.54, 1.807) is 0 Å². The first kappa shape index (κ1) is 24.4. The lowest BCUT2D eigenvalue weighted by Gasteiger charge is -2.23. The molecular formula is C25H34OS3. The quantitative estimate of drug-likeness (QED) is 0.266. The van der Waals surface area contributed by atoms with Gasteiger partial charge in [0.15, 0.2) is 0 Å². The minimum Gasteiger partial charge on any atom is -0.282 e. The molecule has 0 fully saturated rings. The number of carbonyl (C=O) groups excluding carboxylic acids is 1. The molecule has 0 aliphatic heterocycles. The van der Waals surface area contributed by atoms with Gasteiger partial charge in [0.05, 0.1) is 0 Å². The van der Waals surface area contributed by atoms with E-state index < -0.39 is 0 Å². The van der Waals surface area contributed by atoms with Crippen LogP contribution in [0.25, 0.3) is 0 Å². The van der Waals surface area contributed by atoms with Crippen LogP contribution in [0.2, 0.25) is 0 Å². The molecule has 0 saturated heterocycles. The van der Waals surface area contributed by atoms with Crippen LogP contribution in [-0.2, 0) is 17.9 Å². The highest BCUT2D eigenvalue weighted by Crippen LogP contribution is 2.29. The van der Waals surface area contributed by atoms with Crippen molar-refractivity contribution in [1.29, 1.82) is 0 Å². The molecule has 0 N–H and O–H groups in total. The first-order chi connectivity index (χ1) is 14.0. The number of rotatable bonds is 12. The smallest absolute Gasteiger partial charge is 0.219 e. The van der Waals surface area contributed by atoms with Gasteiger partial charge in [0, 0.05) is 17.1 Å². The molecular weight excluding hydrogens is 412 g/mol. The van der Waals surface area contributed by atoms with Crippen LogP contribution in [0, 0.1) is 5.41 Å². The van der Waals surface area contributed by atoms with Crippen molar-refractivity contribution in [2.24, 2.45) is 5.41 Å². The average Bonchev–Trinajstić information content (AvgIpc) is 2.72. The Kier molecular flexibility index (Phi) is 10.8. The van der Waals surface area contributed by atoms with Gasteiger partial charge in [-0.25, -0.2) is 0 Å². The number of benzene rings is 2. The molecule has 0 unspecified atom stereocenters. The molecule has 0 bridgehead atoms. The van der Waals surface area contributed by atoms with Crippen LogP contribution in [0.3, 0.4) is 0 Å². The van der Waals surface area contributed by atoms with Crippen LogP contribution >= 0.6 is 36.2 Å². The van der Waals surface area contributed by atoms with Crippen LogP contribution < -0.4 is 0 Å². The molecule has 158 valence electrons. The fraction of sp³-hybridized carbons (Fsp3) is 0.480. The van der Waals surface area contributed by atoms with Crippen molar-refractivity contribution in [1.82, 2.24) is 0 Å². The van der Waals surface area contributed by atoms with Crippen LogP contribution in [0.15, 0.2) is 48.5 Å². The maximum Gasteiger partial charge on any atom is 0.219 e. The van der Waals surface area contributed by atoms with Crippen molar-refractivity contribution >= 4 is 41.3 Å². The van der Waals surface area contributed by atoms with Gasteiger partial charge < -0.3 is 0 Å².